The van der Waals surface area contributed by atoms with Gasteiger partial charge in [0.25, 0.3) is 0 Å². The van der Waals surface area contributed by atoms with E-state index in [1.807, 2.05) is 36.4 Å². The molecule has 1 atom stereocenters. The molecule has 2 rings (SSSR count). The van der Waals surface area contributed by atoms with Crippen LogP contribution in [0.15, 0.2) is 60.7 Å². The van der Waals surface area contributed by atoms with Crippen LogP contribution in [0.2, 0.25) is 0 Å². The van der Waals surface area contributed by atoms with Crippen LogP contribution in [-0.2, 0) is 0 Å². The van der Waals surface area contributed by atoms with Gasteiger partial charge in [0.1, 0.15) is 0 Å². The molecule has 0 saturated heterocycles. The van der Waals surface area contributed by atoms with Crippen LogP contribution < -0.4 is 0 Å². The van der Waals surface area contributed by atoms with Crippen molar-refractivity contribution in [2.45, 2.75) is 12.8 Å². The zero-order chi connectivity index (χ0) is 11.4. The molecule has 0 aliphatic rings. The monoisotopic (exact) mass is 207 g/mol. The number of allylic oxidation sites excluding steroid dienone is 1. The maximum absolute atomic E-state index is 6.19. The zero-order valence-corrected chi connectivity index (χ0v) is 9.43. The molecule has 0 heteroatoms. The Kier molecular flexibility index (Phi) is 3.21. The third-order valence-electron chi connectivity index (χ3n) is 2.87. The molecular weight excluding hydrogens is 192 g/mol. The molecule has 0 nitrogen and oxygen atoms in total. The lowest BCUT2D eigenvalue weighted by molar-refractivity contribution is 0.990. The smallest absolute Gasteiger partial charge is 0.00669 e. The molecule has 16 heavy (non-hydrogen) atoms. The second kappa shape index (κ2) is 4.80. The molecule has 1 unspecified atom stereocenters. The van der Waals surface area contributed by atoms with Crippen LogP contribution in [0, 0.1) is 6.58 Å². The highest BCUT2D eigenvalue weighted by Crippen LogP contribution is 2.29. The van der Waals surface area contributed by atoms with Crippen molar-refractivity contribution in [2.24, 2.45) is 0 Å². The van der Waals surface area contributed by atoms with Crippen molar-refractivity contribution >= 4 is 5.57 Å². The molecule has 2 aromatic carbocycles. The van der Waals surface area contributed by atoms with E-state index in [4.69, 9.17) is 6.58 Å². The van der Waals surface area contributed by atoms with Gasteiger partial charge in [-0.3, -0.25) is 0 Å². The maximum Gasteiger partial charge on any atom is 0.00669 e. The van der Waals surface area contributed by atoms with Gasteiger partial charge < -0.3 is 0 Å². The summed E-state index contributed by atoms with van der Waals surface area (Å²) >= 11 is 0. The first kappa shape index (κ1) is 10.7. The maximum atomic E-state index is 6.19. The fourth-order valence-electron chi connectivity index (χ4n) is 1.80. The Morgan fingerprint density at radius 2 is 1.38 bits per heavy atom. The second-order valence-corrected chi connectivity index (χ2v) is 3.95. The van der Waals surface area contributed by atoms with E-state index in [-0.39, 0.29) is 5.92 Å². The van der Waals surface area contributed by atoms with Crippen LogP contribution in [0.3, 0.4) is 0 Å². The molecule has 0 fully saturated rings. The van der Waals surface area contributed by atoms with Crippen LogP contribution >= 0.6 is 0 Å². The fourth-order valence-corrected chi connectivity index (χ4v) is 1.80. The van der Waals surface area contributed by atoms with Crippen LogP contribution in [-0.4, -0.2) is 0 Å². The molecule has 0 spiro atoms. The summed E-state index contributed by atoms with van der Waals surface area (Å²) in [4.78, 5) is 0. The number of hydrogen-bond donors (Lipinski definition) is 0. The summed E-state index contributed by atoms with van der Waals surface area (Å²) in [6.07, 6.45) is 0. The van der Waals surface area contributed by atoms with E-state index in [2.05, 4.69) is 31.2 Å². The van der Waals surface area contributed by atoms with E-state index < -0.39 is 0 Å². The number of hydrogen-bond acceptors (Lipinski definition) is 0. The minimum atomic E-state index is 0.253. The topological polar surface area (TPSA) is 0 Å². The third-order valence-corrected chi connectivity index (χ3v) is 2.87. The summed E-state index contributed by atoms with van der Waals surface area (Å²) < 4.78 is 0. The molecule has 0 N–H and O–H groups in total. The van der Waals surface area contributed by atoms with Crippen LogP contribution in [0.1, 0.15) is 24.0 Å². The van der Waals surface area contributed by atoms with E-state index in [9.17, 15) is 0 Å². The Balaban J connectivity index is 2.24. The lowest BCUT2D eigenvalue weighted by atomic mass is 9.89. The van der Waals surface area contributed by atoms with Crippen molar-refractivity contribution in [1.82, 2.24) is 0 Å². The molecule has 0 amide bonds. The summed E-state index contributed by atoms with van der Waals surface area (Å²) in [5.41, 5.74) is 3.29. The SMILES string of the molecule is [CH]=C(c1ccccc1)C(C)c1ccccc1. The van der Waals surface area contributed by atoms with Crippen LogP contribution in [0.5, 0.6) is 0 Å². The summed E-state index contributed by atoms with van der Waals surface area (Å²) in [5, 5.41) is 0. The minimum Gasteiger partial charge on any atom is -0.0622 e. The highest BCUT2D eigenvalue weighted by atomic mass is 14.1. The van der Waals surface area contributed by atoms with Crippen molar-refractivity contribution in [3.8, 4) is 0 Å². The Morgan fingerprint density at radius 3 is 1.94 bits per heavy atom. The first-order valence-electron chi connectivity index (χ1n) is 5.51. The van der Waals surface area contributed by atoms with Crippen molar-refractivity contribution in [1.29, 1.82) is 0 Å². The summed E-state index contributed by atoms with van der Waals surface area (Å²) in [6, 6.07) is 20.5. The molecule has 0 aliphatic heterocycles. The predicted molar refractivity (Wildman–Crippen MR) is 69.0 cm³/mol. The molecule has 79 valence electrons. The number of benzene rings is 2. The van der Waals surface area contributed by atoms with Gasteiger partial charge >= 0.3 is 0 Å². The van der Waals surface area contributed by atoms with Crippen molar-refractivity contribution in [3.05, 3.63) is 78.4 Å². The predicted octanol–water partition coefficient (Wildman–Crippen LogP) is 4.31. The molecule has 0 bridgehead atoms. The Labute approximate surface area is 97.3 Å². The lowest BCUT2D eigenvalue weighted by Gasteiger charge is -2.15. The molecule has 0 heterocycles. The average Bonchev–Trinajstić information content (AvgIpc) is 2.39. The van der Waals surface area contributed by atoms with E-state index >= 15 is 0 Å². The standard InChI is InChI=1S/C16H15/c1-13(15-9-5-3-6-10-15)14(2)16-11-7-4-8-12-16/h1,3-12,14H,2H3. The molecule has 2 aromatic rings. The molecular formula is C16H15. The van der Waals surface area contributed by atoms with Crippen LogP contribution in [0.25, 0.3) is 5.57 Å². The van der Waals surface area contributed by atoms with E-state index in [0.717, 1.165) is 11.1 Å². The van der Waals surface area contributed by atoms with Gasteiger partial charge in [-0.1, -0.05) is 74.2 Å². The van der Waals surface area contributed by atoms with E-state index in [0.29, 0.717) is 0 Å². The summed E-state index contributed by atoms with van der Waals surface area (Å²) in [7, 11) is 0. The zero-order valence-electron chi connectivity index (χ0n) is 9.43. The van der Waals surface area contributed by atoms with Gasteiger partial charge in [-0.15, -0.1) is 0 Å². The third kappa shape index (κ3) is 2.22. The normalized spacial score (nSPS) is 12.1. The summed E-state index contributed by atoms with van der Waals surface area (Å²) in [5.74, 6) is 0.253. The highest BCUT2D eigenvalue weighted by Gasteiger charge is 2.10. The van der Waals surface area contributed by atoms with E-state index in [1.165, 1.54) is 5.56 Å². The lowest BCUT2D eigenvalue weighted by Crippen LogP contribution is -1.96. The van der Waals surface area contributed by atoms with Gasteiger partial charge in [0.2, 0.25) is 0 Å². The van der Waals surface area contributed by atoms with Crippen LogP contribution in [0.4, 0.5) is 0 Å². The molecule has 0 aromatic heterocycles. The Bertz CT molecular complexity index is 454. The first-order chi connectivity index (χ1) is 7.79. The average molecular weight is 207 g/mol. The molecule has 0 aliphatic carbocycles. The summed E-state index contributed by atoms with van der Waals surface area (Å²) in [6.45, 7) is 8.32. The quantitative estimate of drug-likeness (QED) is 0.703. The van der Waals surface area contributed by atoms with Crippen molar-refractivity contribution in [2.75, 3.05) is 0 Å². The van der Waals surface area contributed by atoms with Crippen molar-refractivity contribution < 1.29 is 0 Å². The van der Waals surface area contributed by atoms with Gasteiger partial charge in [-0.05, 0) is 16.7 Å². The first-order valence-corrected chi connectivity index (χ1v) is 5.51. The van der Waals surface area contributed by atoms with E-state index in [1.54, 1.807) is 0 Å². The minimum absolute atomic E-state index is 0.253. The van der Waals surface area contributed by atoms with Gasteiger partial charge in [0, 0.05) is 5.92 Å². The Hall–Kier alpha value is -1.82. The number of rotatable bonds is 3. The van der Waals surface area contributed by atoms with Gasteiger partial charge in [-0.2, -0.15) is 0 Å². The largest absolute Gasteiger partial charge is 0.0622 e. The second-order valence-electron chi connectivity index (χ2n) is 3.95. The molecule has 1 radical (unpaired) electrons. The van der Waals surface area contributed by atoms with Gasteiger partial charge in [-0.25, -0.2) is 0 Å². The van der Waals surface area contributed by atoms with Crippen molar-refractivity contribution in [3.63, 3.8) is 0 Å². The Morgan fingerprint density at radius 1 is 0.875 bits per heavy atom. The fraction of sp³-hybridized carbons (Fsp3) is 0.125. The highest BCUT2D eigenvalue weighted by molar-refractivity contribution is 5.67. The van der Waals surface area contributed by atoms with Gasteiger partial charge in [0.05, 0.1) is 0 Å². The van der Waals surface area contributed by atoms with Gasteiger partial charge in [0.15, 0.2) is 0 Å². The molecule has 0 saturated carbocycles.